The summed E-state index contributed by atoms with van der Waals surface area (Å²) < 4.78 is 1.72. The Kier molecular flexibility index (Phi) is 2.25. The first-order valence-corrected chi connectivity index (χ1v) is 5.84. The van der Waals surface area contributed by atoms with E-state index in [9.17, 15) is 0 Å². The monoisotopic (exact) mass is 232 g/mol. The van der Waals surface area contributed by atoms with Gasteiger partial charge in [0.25, 0.3) is 5.78 Å². The first-order valence-electron chi connectivity index (χ1n) is 5.84. The van der Waals surface area contributed by atoms with E-state index < -0.39 is 0 Å². The van der Waals surface area contributed by atoms with Crippen LogP contribution >= 0.6 is 0 Å². The molecule has 1 fully saturated rings. The first-order chi connectivity index (χ1) is 8.22. The first kappa shape index (κ1) is 10.5. The Morgan fingerprint density at radius 3 is 3.06 bits per heavy atom. The lowest BCUT2D eigenvalue weighted by Crippen LogP contribution is -2.25. The Bertz CT molecular complexity index is 542. The summed E-state index contributed by atoms with van der Waals surface area (Å²) in [4.78, 5) is 8.40. The van der Waals surface area contributed by atoms with Gasteiger partial charge in [0.1, 0.15) is 12.1 Å². The van der Waals surface area contributed by atoms with E-state index in [1.54, 1.807) is 4.52 Å². The molecule has 6 heteroatoms. The summed E-state index contributed by atoms with van der Waals surface area (Å²) in [6, 6.07) is 1.98. The quantitative estimate of drug-likeness (QED) is 0.806. The summed E-state index contributed by atoms with van der Waals surface area (Å²) in [5.74, 6) is 1.56. The minimum Gasteiger partial charge on any atom is -0.369 e. The van der Waals surface area contributed by atoms with Crippen molar-refractivity contribution in [1.82, 2.24) is 19.6 Å². The summed E-state index contributed by atoms with van der Waals surface area (Å²) in [6.07, 6.45) is 3.94. The van der Waals surface area contributed by atoms with E-state index in [0.29, 0.717) is 11.2 Å². The van der Waals surface area contributed by atoms with Gasteiger partial charge in [-0.2, -0.15) is 14.6 Å². The molecule has 0 amide bonds. The van der Waals surface area contributed by atoms with Crippen LogP contribution in [0.5, 0.6) is 0 Å². The second-order valence-electron chi connectivity index (χ2n) is 4.81. The van der Waals surface area contributed by atoms with E-state index in [1.807, 2.05) is 13.0 Å². The van der Waals surface area contributed by atoms with Gasteiger partial charge in [-0.3, -0.25) is 0 Å². The molecule has 0 spiro atoms. The minimum atomic E-state index is 0.296. The maximum absolute atomic E-state index is 5.77. The molecule has 1 aliphatic rings. The van der Waals surface area contributed by atoms with Crippen LogP contribution in [0.2, 0.25) is 0 Å². The number of aromatic nitrogens is 4. The Morgan fingerprint density at radius 1 is 1.53 bits per heavy atom. The van der Waals surface area contributed by atoms with Crippen LogP contribution in [0.25, 0.3) is 5.78 Å². The van der Waals surface area contributed by atoms with Crippen LogP contribution in [-0.2, 0) is 0 Å². The third-order valence-electron chi connectivity index (χ3n) is 3.41. The van der Waals surface area contributed by atoms with Gasteiger partial charge in [-0.25, -0.2) is 4.98 Å². The standard InChI is InChI=1S/C11H16N6/c1-8-4-9(13-6-11(5-12)2-3-11)17-10(16-8)14-7-15-17/h4,7,13H,2-3,5-6,12H2,1H3. The maximum atomic E-state index is 5.77. The third kappa shape index (κ3) is 1.84. The fraction of sp³-hybridized carbons (Fsp3) is 0.545. The van der Waals surface area contributed by atoms with Crippen LogP contribution in [0.3, 0.4) is 0 Å². The molecule has 6 nitrogen and oxygen atoms in total. The Labute approximate surface area is 99.3 Å². The largest absolute Gasteiger partial charge is 0.369 e. The molecule has 2 aromatic heterocycles. The van der Waals surface area contributed by atoms with Crippen molar-refractivity contribution in [2.24, 2.45) is 11.1 Å². The van der Waals surface area contributed by atoms with Crippen molar-refractivity contribution in [1.29, 1.82) is 0 Å². The zero-order chi connectivity index (χ0) is 11.9. The molecular formula is C11H16N6. The fourth-order valence-electron chi connectivity index (χ4n) is 1.96. The van der Waals surface area contributed by atoms with Gasteiger partial charge in [0.15, 0.2) is 0 Å². The van der Waals surface area contributed by atoms with E-state index >= 15 is 0 Å². The molecule has 1 saturated carbocycles. The number of fused-ring (bicyclic) bond motifs is 1. The molecule has 0 saturated heterocycles. The summed E-state index contributed by atoms with van der Waals surface area (Å²) >= 11 is 0. The van der Waals surface area contributed by atoms with Crippen LogP contribution in [0.4, 0.5) is 5.82 Å². The average molecular weight is 232 g/mol. The summed E-state index contributed by atoms with van der Waals surface area (Å²) in [5, 5.41) is 7.56. The molecule has 2 aromatic rings. The zero-order valence-corrected chi connectivity index (χ0v) is 9.85. The van der Waals surface area contributed by atoms with Gasteiger partial charge >= 0.3 is 0 Å². The fourth-order valence-corrected chi connectivity index (χ4v) is 1.96. The van der Waals surface area contributed by atoms with Crippen molar-refractivity contribution in [2.45, 2.75) is 19.8 Å². The van der Waals surface area contributed by atoms with Crippen LogP contribution < -0.4 is 11.1 Å². The Morgan fingerprint density at radius 2 is 2.35 bits per heavy atom. The maximum Gasteiger partial charge on any atom is 0.254 e. The van der Waals surface area contributed by atoms with Crippen LogP contribution in [-0.4, -0.2) is 32.7 Å². The lowest BCUT2D eigenvalue weighted by atomic mass is 10.1. The number of rotatable bonds is 4. The molecule has 3 N–H and O–H groups in total. The Balaban J connectivity index is 1.86. The van der Waals surface area contributed by atoms with E-state index in [4.69, 9.17) is 5.73 Å². The highest BCUT2D eigenvalue weighted by atomic mass is 15.4. The molecule has 0 aromatic carbocycles. The molecule has 0 bridgehead atoms. The van der Waals surface area contributed by atoms with Crippen molar-refractivity contribution in [3.8, 4) is 0 Å². The van der Waals surface area contributed by atoms with Crippen molar-refractivity contribution < 1.29 is 0 Å². The molecule has 0 radical (unpaired) electrons. The molecule has 0 aliphatic heterocycles. The molecule has 17 heavy (non-hydrogen) atoms. The molecular weight excluding hydrogens is 216 g/mol. The van der Waals surface area contributed by atoms with Gasteiger partial charge in [-0.05, 0) is 31.7 Å². The minimum absolute atomic E-state index is 0.296. The van der Waals surface area contributed by atoms with Crippen LogP contribution in [0.15, 0.2) is 12.4 Å². The molecule has 2 heterocycles. The highest BCUT2D eigenvalue weighted by Gasteiger charge is 2.40. The van der Waals surface area contributed by atoms with Crippen LogP contribution in [0, 0.1) is 12.3 Å². The highest BCUT2D eigenvalue weighted by molar-refractivity contribution is 5.45. The summed E-state index contributed by atoms with van der Waals surface area (Å²) in [5.41, 5.74) is 7.00. The Hall–Kier alpha value is -1.69. The lowest BCUT2D eigenvalue weighted by molar-refractivity contribution is 0.554. The van der Waals surface area contributed by atoms with Gasteiger partial charge < -0.3 is 11.1 Å². The van der Waals surface area contributed by atoms with Crippen molar-refractivity contribution >= 4 is 11.6 Å². The number of anilines is 1. The lowest BCUT2D eigenvalue weighted by Gasteiger charge is -2.15. The molecule has 90 valence electrons. The van der Waals surface area contributed by atoms with E-state index in [2.05, 4.69) is 20.4 Å². The smallest absolute Gasteiger partial charge is 0.254 e. The highest BCUT2D eigenvalue weighted by Crippen LogP contribution is 2.44. The van der Waals surface area contributed by atoms with E-state index in [1.165, 1.54) is 19.2 Å². The van der Waals surface area contributed by atoms with Gasteiger partial charge in [-0.1, -0.05) is 0 Å². The average Bonchev–Trinajstić information content (AvgIpc) is 2.96. The molecule has 1 aliphatic carbocycles. The van der Waals surface area contributed by atoms with Crippen LogP contribution in [0.1, 0.15) is 18.5 Å². The number of aryl methyl sites for hydroxylation is 1. The topological polar surface area (TPSA) is 81.1 Å². The van der Waals surface area contributed by atoms with Gasteiger partial charge in [0.2, 0.25) is 0 Å². The number of hydrogen-bond acceptors (Lipinski definition) is 5. The zero-order valence-electron chi connectivity index (χ0n) is 9.85. The number of nitrogens with two attached hydrogens (primary N) is 1. The SMILES string of the molecule is Cc1cc(NCC2(CN)CC2)n2ncnc2n1. The van der Waals surface area contributed by atoms with Crippen molar-refractivity contribution in [3.63, 3.8) is 0 Å². The van der Waals surface area contributed by atoms with Gasteiger partial charge in [-0.15, -0.1) is 0 Å². The van der Waals surface area contributed by atoms with Gasteiger partial charge in [0, 0.05) is 18.3 Å². The summed E-state index contributed by atoms with van der Waals surface area (Å²) in [6.45, 7) is 3.59. The van der Waals surface area contributed by atoms with Crippen molar-refractivity contribution in [3.05, 3.63) is 18.1 Å². The van der Waals surface area contributed by atoms with Gasteiger partial charge in [0.05, 0.1) is 0 Å². The summed E-state index contributed by atoms with van der Waals surface area (Å²) in [7, 11) is 0. The molecule has 0 atom stereocenters. The predicted octanol–water partition coefficient (Wildman–Crippen LogP) is 0.584. The van der Waals surface area contributed by atoms with E-state index in [-0.39, 0.29) is 0 Å². The van der Waals surface area contributed by atoms with Crippen molar-refractivity contribution in [2.75, 3.05) is 18.4 Å². The number of nitrogens with one attached hydrogen (secondary N) is 1. The second kappa shape index (κ2) is 3.66. The number of hydrogen-bond donors (Lipinski definition) is 2. The normalized spacial score (nSPS) is 17.3. The predicted molar refractivity (Wildman–Crippen MR) is 64.7 cm³/mol. The number of nitrogens with zero attached hydrogens (tertiary/aromatic N) is 4. The molecule has 3 rings (SSSR count). The molecule has 0 unspecified atom stereocenters. The third-order valence-corrected chi connectivity index (χ3v) is 3.41. The van der Waals surface area contributed by atoms with E-state index in [0.717, 1.165) is 24.6 Å². The second-order valence-corrected chi connectivity index (χ2v) is 4.81.